The molecule has 1 unspecified atom stereocenters. The summed E-state index contributed by atoms with van der Waals surface area (Å²) in [5.74, 6) is -6.44. The molecule has 2 aliphatic rings. The van der Waals surface area contributed by atoms with Crippen LogP contribution in [-0.2, 0) is 44.8 Å². The third kappa shape index (κ3) is 24.4. The number of hydrogen-bond acceptors (Lipinski definition) is 16. The molecule has 2 aliphatic heterocycles. The van der Waals surface area contributed by atoms with E-state index in [-0.39, 0.29) is 116 Å². The molecule has 0 spiro atoms. The molecule has 424 valence electrons. The van der Waals surface area contributed by atoms with Gasteiger partial charge in [-0.2, -0.15) is 0 Å². The fourth-order valence-corrected chi connectivity index (χ4v) is 8.95. The van der Waals surface area contributed by atoms with E-state index in [1.807, 2.05) is 31.2 Å². The van der Waals surface area contributed by atoms with Gasteiger partial charge >= 0.3 is 25.0 Å². The molecular weight excluding hydrogens is 1000 g/mol. The number of likely N-dealkylation sites (tertiary alicyclic amines) is 1. The molecule has 4 rings (SSSR count). The van der Waals surface area contributed by atoms with Crippen molar-refractivity contribution in [2.45, 2.75) is 96.1 Å². The minimum Gasteiger partial charge on any atom is -0.480 e. The summed E-state index contributed by atoms with van der Waals surface area (Å²) in [5.41, 5.74) is 8.34. The van der Waals surface area contributed by atoms with Crippen LogP contribution >= 0.6 is 0 Å². The van der Waals surface area contributed by atoms with E-state index in [9.17, 15) is 68.5 Å². The Balaban J connectivity index is 1.30. The molecule has 0 bridgehead atoms. The number of carboxylic acids is 3. The van der Waals surface area contributed by atoms with E-state index < -0.39 is 72.6 Å². The van der Waals surface area contributed by atoms with Gasteiger partial charge in [-0.15, -0.1) is 0 Å². The lowest BCUT2D eigenvalue weighted by Crippen LogP contribution is -2.52. The standard InChI is InChI=1S/C51H78BN11O14/c1-36-13-15-38(16-14-36)8-5-11-43(64)53-21-4-3-9-41(56-45(66)32-59-24-26-60(33-46(67)68)28-30-62(35-48(71)72)31-29-61(27-25-59)34-47(69)70)50(74)54-22-6-12-44(65)58-57-40-19-17-39(18-20-40)49(73)55-37(2)51(75)63-23-7-10-42(63)52(76)77/h13-20,37,41-42,57,76-77H,3-12,21-35H2,1-2H3,(H,53,64)(H,54,74)(H,55,73)(H,56,66)(H,58,65)(H,67,68)(H,69,70)(H,71,72)/t37-,41?,42+/m1/s1. The van der Waals surface area contributed by atoms with Crippen LogP contribution in [0.4, 0.5) is 5.69 Å². The fraction of sp³-hybridized carbons (Fsp3) is 0.588. The van der Waals surface area contributed by atoms with E-state index in [1.165, 1.54) is 24.0 Å². The van der Waals surface area contributed by atoms with Gasteiger partial charge in [0.25, 0.3) is 5.91 Å². The number of carbonyl (C=O) groups is 9. The highest BCUT2D eigenvalue weighted by atomic mass is 16.4. The lowest BCUT2D eigenvalue weighted by atomic mass is 9.78. The molecule has 77 heavy (non-hydrogen) atoms. The van der Waals surface area contributed by atoms with Crippen molar-refractivity contribution in [1.29, 1.82) is 0 Å². The van der Waals surface area contributed by atoms with Crippen LogP contribution in [0, 0.1) is 6.92 Å². The van der Waals surface area contributed by atoms with Crippen molar-refractivity contribution in [3.05, 3.63) is 65.2 Å². The Morgan fingerprint density at radius 2 is 1.14 bits per heavy atom. The van der Waals surface area contributed by atoms with Crippen molar-refractivity contribution in [1.82, 2.24) is 51.2 Å². The molecule has 11 N–H and O–H groups in total. The Bertz CT molecular complexity index is 2230. The molecule has 26 heteroatoms. The topological polar surface area (TPSA) is 343 Å². The number of hydrogen-bond donors (Lipinski definition) is 11. The second kappa shape index (κ2) is 33.5. The molecule has 0 aromatic heterocycles. The largest absolute Gasteiger partial charge is 0.480 e. The smallest absolute Gasteiger partial charge is 0.475 e. The monoisotopic (exact) mass is 1080 g/mol. The predicted octanol–water partition coefficient (Wildman–Crippen LogP) is -1.27. The van der Waals surface area contributed by atoms with Crippen LogP contribution in [0.15, 0.2) is 48.5 Å². The van der Waals surface area contributed by atoms with Crippen LogP contribution < -0.4 is 32.1 Å². The summed E-state index contributed by atoms with van der Waals surface area (Å²) in [6.07, 6.45) is 4.26. The minimum absolute atomic E-state index is 0.00302. The van der Waals surface area contributed by atoms with Crippen LogP contribution in [0.25, 0.3) is 0 Å². The van der Waals surface area contributed by atoms with Gasteiger partial charge in [-0.25, -0.2) is 0 Å². The maximum Gasteiger partial charge on any atom is 0.475 e. The van der Waals surface area contributed by atoms with Crippen molar-refractivity contribution >= 4 is 66.2 Å². The van der Waals surface area contributed by atoms with E-state index in [2.05, 4.69) is 32.1 Å². The number of carboxylic acid groups (broad SMARTS) is 3. The summed E-state index contributed by atoms with van der Waals surface area (Å²) in [6.45, 7) is 4.76. The number of nitrogens with zero attached hydrogens (tertiary/aromatic N) is 5. The average Bonchev–Trinajstić information content (AvgIpc) is 3.88. The predicted molar refractivity (Wildman–Crippen MR) is 284 cm³/mol. The van der Waals surface area contributed by atoms with Crippen LogP contribution in [0.2, 0.25) is 0 Å². The molecule has 6 amide bonds. The summed E-state index contributed by atoms with van der Waals surface area (Å²) < 4.78 is 0. The minimum atomic E-state index is -1.68. The molecule has 2 heterocycles. The van der Waals surface area contributed by atoms with Gasteiger partial charge in [-0.3, -0.25) is 73.6 Å². The highest BCUT2D eigenvalue weighted by molar-refractivity contribution is 6.43. The molecule has 0 radical (unpaired) electrons. The van der Waals surface area contributed by atoms with E-state index in [0.717, 1.165) is 17.5 Å². The van der Waals surface area contributed by atoms with E-state index in [1.54, 1.807) is 31.7 Å². The van der Waals surface area contributed by atoms with Gasteiger partial charge in [0.2, 0.25) is 29.5 Å². The number of anilines is 1. The van der Waals surface area contributed by atoms with E-state index in [4.69, 9.17) is 0 Å². The van der Waals surface area contributed by atoms with Crippen LogP contribution in [0.1, 0.15) is 86.2 Å². The zero-order chi connectivity index (χ0) is 56.3. The van der Waals surface area contributed by atoms with Gasteiger partial charge in [0, 0.05) is 90.4 Å². The zero-order valence-electron chi connectivity index (χ0n) is 44.3. The van der Waals surface area contributed by atoms with Crippen LogP contribution in [-0.4, -0.2) is 227 Å². The fourth-order valence-electron chi connectivity index (χ4n) is 8.95. The maximum absolute atomic E-state index is 13.8. The lowest BCUT2D eigenvalue weighted by Gasteiger charge is -2.33. The first kappa shape index (κ1) is 62.8. The van der Waals surface area contributed by atoms with Crippen molar-refractivity contribution < 1.29 is 68.5 Å². The first-order valence-electron chi connectivity index (χ1n) is 26.3. The Labute approximate surface area is 449 Å². The molecular formula is C51H78BN11O14. The average molecular weight is 1080 g/mol. The molecule has 2 fully saturated rings. The third-order valence-corrected chi connectivity index (χ3v) is 13.3. The van der Waals surface area contributed by atoms with E-state index >= 15 is 0 Å². The molecule has 2 aromatic carbocycles. The second-order valence-electron chi connectivity index (χ2n) is 19.6. The number of rotatable bonds is 29. The van der Waals surface area contributed by atoms with Crippen molar-refractivity contribution in [3.8, 4) is 0 Å². The van der Waals surface area contributed by atoms with Crippen LogP contribution in [0.3, 0.4) is 0 Å². The van der Waals surface area contributed by atoms with Gasteiger partial charge in [0.1, 0.15) is 12.1 Å². The molecule has 0 aliphatic carbocycles. The molecule has 3 atom stereocenters. The van der Waals surface area contributed by atoms with E-state index in [0.29, 0.717) is 57.3 Å². The Kier molecular flexibility index (Phi) is 27.3. The van der Waals surface area contributed by atoms with Crippen molar-refractivity contribution in [2.75, 3.05) is 104 Å². The normalized spacial score (nSPS) is 16.9. The number of carbonyl (C=O) groups excluding carboxylic acids is 6. The molecule has 25 nitrogen and oxygen atoms in total. The van der Waals surface area contributed by atoms with Gasteiger partial charge < -0.3 is 51.5 Å². The van der Waals surface area contributed by atoms with Crippen molar-refractivity contribution in [3.63, 3.8) is 0 Å². The van der Waals surface area contributed by atoms with Crippen molar-refractivity contribution in [2.24, 2.45) is 0 Å². The Morgan fingerprint density at radius 3 is 1.69 bits per heavy atom. The first-order chi connectivity index (χ1) is 36.8. The number of unbranched alkanes of at least 4 members (excludes halogenated alkanes) is 1. The summed E-state index contributed by atoms with van der Waals surface area (Å²) in [7, 11) is -1.68. The zero-order valence-corrected chi connectivity index (χ0v) is 44.3. The van der Waals surface area contributed by atoms with Gasteiger partial charge in [0.15, 0.2) is 0 Å². The summed E-state index contributed by atoms with van der Waals surface area (Å²) >= 11 is 0. The SMILES string of the molecule is Cc1ccc(CCCC(=O)NCCCCC(NC(=O)CN2CCN(CC(=O)O)CCN(CC(=O)O)CCN(CC(=O)O)CC2)C(=O)NCCCC(=O)NNc2ccc(C(=O)N[C@H](C)C(=O)N3CCC[C@H]3B(O)O)cc2)cc1. The second-order valence-corrected chi connectivity index (χ2v) is 19.6. The highest BCUT2D eigenvalue weighted by Crippen LogP contribution is 2.19. The summed E-state index contributed by atoms with van der Waals surface area (Å²) in [6, 6.07) is 12.3. The highest BCUT2D eigenvalue weighted by Gasteiger charge is 2.38. The molecule has 2 aromatic rings. The maximum atomic E-state index is 13.8. The Morgan fingerprint density at radius 1 is 0.610 bits per heavy atom. The number of hydrazine groups is 1. The lowest BCUT2D eigenvalue weighted by molar-refractivity contribution is -0.140. The number of nitrogens with one attached hydrogen (secondary N) is 6. The number of amides is 6. The molecule has 0 saturated carbocycles. The summed E-state index contributed by atoms with van der Waals surface area (Å²) in [5, 5.41) is 59.1. The van der Waals surface area contributed by atoms with Crippen LogP contribution in [0.5, 0.6) is 0 Å². The Hall–Kier alpha value is -6.71. The summed E-state index contributed by atoms with van der Waals surface area (Å²) in [4.78, 5) is 122. The van der Waals surface area contributed by atoms with Gasteiger partial charge in [0.05, 0.1) is 37.8 Å². The number of aryl methyl sites for hydroxylation is 2. The quantitative estimate of drug-likeness (QED) is 0.0257. The van der Waals surface area contributed by atoms with Gasteiger partial charge in [-0.1, -0.05) is 29.8 Å². The molecule has 2 saturated heterocycles. The first-order valence-corrected chi connectivity index (χ1v) is 26.3. The van der Waals surface area contributed by atoms with Gasteiger partial charge in [-0.05, 0) is 95.0 Å². The number of aliphatic carboxylic acids is 3. The number of benzene rings is 2. The third-order valence-electron chi connectivity index (χ3n) is 13.3.